The summed E-state index contributed by atoms with van der Waals surface area (Å²) in [6.45, 7) is 0.390. The molecule has 0 aliphatic rings. The summed E-state index contributed by atoms with van der Waals surface area (Å²) in [5.41, 5.74) is 6.49. The normalized spacial score (nSPS) is 10.7. The van der Waals surface area contributed by atoms with Crippen LogP contribution in [-0.4, -0.2) is 9.97 Å². The molecule has 0 amide bonds. The van der Waals surface area contributed by atoms with Gasteiger partial charge in [-0.3, -0.25) is 9.78 Å². The Kier molecular flexibility index (Phi) is 2.92. The molecule has 19 heavy (non-hydrogen) atoms. The van der Waals surface area contributed by atoms with Gasteiger partial charge >= 0.3 is 0 Å². The molecule has 0 fully saturated rings. The number of ether oxygens (including phenoxy) is 1. The SMILES string of the molecule is Nc1ccc2nc(OCc3cccs3)[nH]c(=O)c2c1. The van der Waals surface area contributed by atoms with Crippen molar-refractivity contribution in [2.75, 3.05) is 5.73 Å². The van der Waals surface area contributed by atoms with Crippen molar-refractivity contribution < 1.29 is 4.74 Å². The molecule has 3 aromatic rings. The molecule has 6 heteroatoms. The van der Waals surface area contributed by atoms with Crippen molar-refractivity contribution in [3.63, 3.8) is 0 Å². The van der Waals surface area contributed by atoms with E-state index in [4.69, 9.17) is 10.5 Å². The van der Waals surface area contributed by atoms with Crippen molar-refractivity contribution in [1.29, 1.82) is 0 Å². The Hall–Kier alpha value is -2.34. The quantitative estimate of drug-likeness (QED) is 0.716. The third-order valence-corrected chi connectivity index (χ3v) is 3.49. The number of nitrogen functional groups attached to an aromatic ring is 1. The highest BCUT2D eigenvalue weighted by molar-refractivity contribution is 7.09. The van der Waals surface area contributed by atoms with Gasteiger partial charge in [0.05, 0.1) is 10.9 Å². The summed E-state index contributed by atoms with van der Waals surface area (Å²) in [6.07, 6.45) is 0. The minimum Gasteiger partial charge on any atom is -0.459 e. The average Bonchev–Trinajstić information content (AvgIpc) is 2.90. The second-order valence-corrected chi connectivity index (χ2v) is 5.05. The number of rotatable bonds is 3. The first kappa shape index (κ1) is 11.7. The number of anilines is 1. The maximum atomic E-state index is 11.9. The van der Waals surface area contributed by atoms with Gasteiger partial charge in [-0.25, -0.2) is 0 Å². The molecule has 2 heterocycles. The molecule has 0 aliphatic heterocycles. The number of thiophene rings is 1. The molecule has 0 radical (unpaired) electrons. The fourth-order valence-corrected chi connectivity index (χ4v) is 2.35. The number of fused-ring (bicyclic) bond motifs is 1. The fourth-order valence-electron chi connectivity index (χ4n) is 1.74. The van der Waals surface area contributed by atoms with Crippen LogP contribution in [0.1, 0.15) is 4.88 Å². The highest BCUT2D eigenvalue weighted by Gasteiger charge is 2.05. The van der Waals surface area contributed by atoms with Gasteiger partial charge in [-0.2, -0.15) is 4.98 Å². The van der Waals surface area contributed by atoms with Crippen LogP contribution in [0.15, 0.2) is 40.5 Å². The minimum atomic E-state index is -0.251. The Morgan fingerprint density at radius 3 is 3.05 bits per heavy atom. The fraction of sp³-hybridized carbons (Fsp3) is 0.0769. The number of nitrogens with two attached hydrogens (primary N) is 1. The average molecular weight is 273 g/mol. The highest BCUT2D eigenvalue weighted by Crippen LogP contribution is 2.15. The van der Waals surface area contributed by atoms with Gasteiger partial charge in [0.2, 0.25) is 0 Å². The van der Waals surface area contributed by atoms with E-state index in [-0.39, 0.29) is 11.6 Å². The number of nitrogens with one attached hydrogen (secondary N) is 1. The Morgan fingerprint density at radius 1 is 1.37 bits per heavy atom. The summed E-state index contributed by atoms with van der Waals surface area (Å²) in [4.78, 5) is 19.8. The van der Waals surface area contributed by atoms with Gasteiger partial charge in [0.15, 0.2) is 0 Å². The molecule has 0 saturated carbocycles. The van der Waals surface area contributed by atoms with E-state index in [0.29, 0.717) is 23.2 Å². The number of aromatic amines is 1. The molecule has 0 bridgehead atoms. The first-order chi connectivity index (χ1) is 9.22. The zero-order valence-electron chi connectivity index (χ0n) is 9.92. The van der Waals surface area contributed by atoms with Gasteiger partial charge in [-0.1, -0.05) is 6.07 Å². The van der Waals surface area contributed by atoms with Crippen LogP contribution in [0, 0.1) is 0 Å². The summed E-state index contributed by atoms with van der Waals surface area (Å²) in [5, 5.41) is 2.43. The van der Waals surface area contributed by atoms with E-state index in [1.165, 1.54) is 0 Å². The van der Waals surface area contributed by atoms with Crippen molar-refractivity contribution >= 4 is 27.9 Å². The van der Waals surface area contributed by atoms with E-state index in [2.05, 4.69) is 9.97 Å². The second-order valence-electron chi connectivity index (χ2n) is 4.02. The lowest BCUT2D eigenvalue weighted by Crippen LogP contribution is -2.11. The van der Waals surface area contributed by atoms with Crippen LogP contribution in [0.4, 0.5) is 5.69 Å². The second kappa shape index (κ2) is 4.74. The van der Waals surface area contributed by atoms with Crippen LogP contribution in [0.2, 0.25) is 0 Å². The van der Waals surface area contributed by atoms with E-state index >= 15 is 0 Å². The molecule has 0 unspecified atom stereocenters. The van der Waals surface area contributed by atoms with Gasteiger partial charge in [-0.05, 0) is 29.6 Å². The third kappa shape index (κ3) is 2.43. The maximum absolute atomic E-state index is 11.9. The maximum Gasteiger partial charge on any atom is 0.297 e. The van der Waals surface area contributed by atoms with E-state index in [1.807, 2.05) is 17.5 Å². The molecule has 0 saturated heterocycles. The Labute approximate surface area is 112 Å². The first-order valence-corrected chi connectivity index (χ1v) is 6.55. The van der Waals surface area contributed by atoms with Crippen LogP contribution in [0.3, 0.4) is 0 Å². The molecule has 5 nitrogen and oxygen atoms in total. The number of aromatic nitrogens is 2. The predicted molar refractivity (Wildman–Crippen MR) is 75.4 cm³/mol. The third-order valence-electron chi connectivity index (χ3n) is 2.64. The monoisotopic (exact) mass is 273 g/mol. The number of hydrogen-bond donors (Lipinski definition) is 2. The lowest BCUT2D eigenvalue weighted by molar-refractivity contribution is 0.284. The largest absolute Gasteiger partial charge is 0.459 e. The number of benzene rings is 1. The van der Waals surface area contributed by atoms with Crippen molar-refractivity contribution in [1.82, 2.24) is 9.97 Å². The summed E-state index contributed by atoms with van der Waals surface area (Å²) in [5.74, 6) is 0. The molecule has 2 aromatic heterocycles. The van der Waals surface area contributed by atoms with Gasteiger partial charge in [0.25, 0.3) is 11.6 Å². The first-order valence-electron chi connectivity index (χ1n) is 5.67. The molecule has 3 N–H and O–H groups in total. The molecule has 3 rings (SSSR count). The number of hydrogen-bond acceptors (Lipinski definition) is 5. The predicted octanol–water partition coefficient (Wildman–Crippen LogP) is 2.15. The number of nitrogens with zero attached hydrogens (tertiary/aromatic N) is 1. The Balaban J connectivity index is 1.93. The van der Waals surface area contributed by atoms with E-state index < -0.39 is 0 Å². The number of H-pyrrole nitrogens is 1. The standard InChI is InChI=1S/C13H11N3O2S/c14-8-3-4-11-10(6-8)12(17)16-13(15-11)18-7-9-2-1-5-19-9/h1-6H,7,14H2,(H,15,16,17). The molecule has 96 valence electrons. The summed E-state index contributed by atoms with van der Waals surface area (Å²) >= 11 is 1.59. The molecular weight excluding hydrogens is 262 g/mol. The zero-order valence-corrected chi connectivity index (χ0v) is 10.7. The Bertz CT molecular complexity index is 765. The summed E-state index contributed by atoms with van der Waals surface area (Å²) < 4.78 is 5.48. The van der Waals surface area contributed by atoms with Crippen molar-refractivity contribution in [3.05, 3.63) is 50.9 Å². The minimum absolute atomic E-state index is 0.218. The van der Waals surface area contributed by atoms with Crippen LogP contribution < -0.4 is 16.0 Å². The van der Waals surface area contributed by atoms with Gasteiger partial charge < -0.3 is 10.5 Å². The van der Waals surface area contributed by atoms with Gasteiger partial charge in [0, 0.05) is 10.6 Å². The van der Waals surface area contributed by atoms with Crippen molar-refractivity contribution in [3.8, 4) is 6.01 Å². The van der Waals surface area contributed by atoms with E-state index in [9.17, 15) is 4.79 Å². The van der Waals surface area contributed by atoms with Crippen molar-refractivity contribution in [2.45, 2.75) is 6.61 Å². The smallest absolute Gasteiger partial charge is 0.297 e. The molecule has 1 aromatic carbocycles. The van der Waals surface area contributed by atoms with Gasteiger partial charge in [-0.15, -0.1) is 11.3 Å². The van der Waals surface area contributed by atoms with Crippen molar-refractivity contribution in [2.24, 2.45) is 0 Å². The van der Waals surface area contributed by atoms with E-state index in [0.717, 1.165) is 4.88 Å². The molecule has 0 spiro atoms. The van der Waals surface area contributed by atoms with Crippen LogP contribution in [-0.2, 0) is 6.61 Å². The summed E-state index contributed by atoms with van der Waals surface area (Å²) in [6, 6.07) is 9.14. The highest BCUT2D eigenvalue weighted by atomic mass is 32.1. The topological polar surface area (TPSA) is 81.0 Å². The van der Waals surface area contributed by atoms with Crippen LogP contribution in [0.5, 0.6) is 6.01 Å². The Morgan fingerprint density at radius 2 is 2.26 bits per heavy atom. The van der Waals surface area contributed by atoms with Gasteiger partial charge in [0.1, 0.15) is 6.61 Å². The zero-order chi connectivity index (χ0) is 13.2. The van der Waals surface area contributed by atoms with Crippen LogP contribution in [0.25, 0.3) is 10.9 Å². The summed E-state index contributed by atoms with van der Waals surface area (Å²) in [7, 11) is 0. The molecular formula is C13H11N3O2S. The lowest BCUT2D eigenvalue weighted by atomic mass is 10.2. The van der Waals surface area contributed by atoms with E-state index in [1.54, 1.807) is 29.5 Å². The molecule has 0 aliphatic carbocycles. The lowest BCUT2D eigenvalue weighted by Gasteiger charge is -2.04. The van der Waals surface area contributed by atoms with Crippen LogP contribution >= 0.6 is 11.3 Å². The molecule has 0 atom stereocenters.